The molecule has 0 aromatic carbocycles. The minimum Gasteiger partial charge on any atom is -0.352 e. The fourth-order valence-corrected chi connectivity index (χ4v) is 2.74. The van der Waals surface area contributed by atoms with Gasteiger partial charge in [0.25, 0.3) is 0 Å². The van der Waals surface area contributed by atoms with Crippen molar-refractivity contribution in [1.29, 1.82) is 0 Å². The molecule has 0 spiro atoms. The second-order valence-electron chi connectivity index (χ2n) is 5.41. The van der Waals surface area contributed by atoms with Gasteiger partial charge in [0.15, 0.2) is 0 Å². The van der Waals surface area contributed by atoms with Gasteiger partial charge in [-0.2, -0.15) is 12.6 Å². The van der Waals surface area contributed by atoms with Gasteiger partial charge >= 0.3 is 0 Å². The Bertz CT molecular complexity index is 328. The fraction of sp³-hybridized carbons (Fsp3) is 0.833. The maximum Gasteiger partial charge on any atom is 0.222 e. The van der Waals surface area contributed by atoms with Crippen LogP contribution in [-0.4, -0.2) is 42.1 Å². The number of rotatable bonds is 4. The molecule has 0 radical (unpaired) electrons. The van der Waals surface area contributed by atoms with Crippen LogP contribution in [0, 0.1) is 5.41 Å². The van der Waals surface area contributed by atoms with Crippen LogP contribution in [0.3, 0.4) is 0 Å². The first-order valence-electron chi connectivity index (χ1n) is 6.19. The molecule has 1 atom stereocenters. The van der Waals surface area contributed by atoms with Crippen LogP contribution in [0.1, 0.15) is 32.1 Å². The number of nitrogens with zero attached hydrogens (tertiary/aromatic N) is 1. The summed E-state index contributed by atoms with van der Waals surface area (Å²) in [6, 6.07) is 0.126. The molecule has 1 heterocycles. The molecule has 2 fully saturated rings. The van der Waals surface area contributed by atoms with Gasteiger partial charge in [-0.1, -0.05) is 0 Å². The van der Waals surface area contributed by atoms with Gasteiger partial charge in [0, 0.05) is 32.5 Å². The minimum atomic E-state index is 0.115. The van der Waals surface area contributed by atoms with E-state index in [0.29, 0.717) is 19.4 Å². The third kappa shape index (κ3) is 3.15. The summed E-state index contributed by atoms with van der Waals surface area (Å²) >= 11 is 4.30. The summed E-state index contributed by atoms with van der Waals surface area (Å²) in [6.45, 7) is 0.637. The summed E-state index contributed by atoms with van der Waals surface area (Å²) in [4.78, 5) is 24.9. The minimum absolute atomic E-state index is 0.115. The largest absolute Gasteiger partial charge is 0.352 e. The van der Waals surface area contributed by atoms with Crippen molar-refractivity contribution >= 4 is 24.4 Å². The number of amides is 2. The number of carbonyl (C=O) groups excluding carboxylic acids is 2. The SMILES string of the molecule is CN1CC(NC(=O)CC2(CS)CC2)CCC1=O. The standard InChI is InChI=1S/C12H20N2O2S/c1-14-7-9(2-3-11(14)16)13-10(15)6-12(8-17)4-5-12/h9,17H,2-8H2,1H3,(H,13,15). The van der Waals surface area contributed by atoms with Gasteiger partial charge < -0.3 is 10.2 Å². The van der Waals surface area contributed by atoms with Crippen LogP contribution >= 0.6 is 12.6 Å². The van der Waals surface area contributed by atoms with Crippen LogP contribution in [0.5, 0.6) is 0 Å². The Morgan fingerprint density at radius 2 is 2.29 bits per heavy atom. The lowest BCUT2D eigenvalue weighted by Crippen LogP contribution is -2.48. The number of nitrogens with one attached hydrogen (secondary N) is 1. The Balaban J connectivity index is 1.77. The average molecular weight is 256 g/mol. The number of piperidine rings is 1. The second kappa shape index (κ2) is 4.88. The number of thiol groups is 1. The van der Waals surface area contributed by atoms with Crippen molar-refractivity contribution in [2.45, 2.75) is 38.1 Å². The molecule has 1 saturated carbocycles. The van der Waals surface area contributed by atoms with Gasteiger partial charge in [0.1, 0.15) is 0 Å². The summed E-state index contributed by atoms with van der Waals surface area (Å²) in [5.74, 6) is 1.08. The maximum atomic E-state index is 11.9. The molecule has 0 aromatic heterocycles. The van der Waals surface area contributed by atoms with E-state index < -0.39 is 0 Å². The average Bonchev–Trinajstić information content (AvgIpc) is 3.04. The van der Waals surface area contributed by atoms with Crippen LogP contribution in [-0.2, 0) is 9.59 Å². The van der Waals surface area contributed by atoms with Crippen LogP contribution in [0.2, 0.25) is 0 Å². The van der Waals surface area contributed by atoms with Gasteiger partial charge in [-0.05, 0) is 30.4 Å². The van der Waals surface area contributed by atoms with E-state index in [4.69, 9.17) is 0 Å². The Labute approximate surface area is 108 Å². The molecule has 1 N–H and O–H groups in total. The van der Waals surface area contributed by atoms with Crippen LogP contribution < -0.4 is 5.32 Å². The molecule has 4 nitrogen and oxygen atoms in total. The highest BCUT2D eigenvalue weighted by atomic mass is 32.1. The summed E-state index contributed by atoms with van der Waals surface area (Å²) < 4.78 is 0. The maximum absolute atomic E-state index is 11.9. The van der Waals surface area contributed by atoms with Gasteiger partial charge in [0.05, 0.1) is 0 Å². The molecule has 2 rings (SSSR count). The monoisotopic (exact) mass is 256 g/mol. The Kier molecular flexibility index (Phi) is 3.66. The molecule has 0 aromatic rings. The molecule has 5 heteroatoms. The van der Waals surface area contributed by atoms with Crippen molar-refractivity contribution in [3.63, 3.8) is 0 Å². The highest BCUT2D eigenvalue weighted by Gasteiger charge is 2.43. The van der Waals surface area contributed by atoms with Crippen molar-refractivity contribution in [3.05, 3.63) is 0 Å². The molecule has 1 aliphatic heterocycles. The molecule has 0 bridgehead atoms. The lowest BCUT2D eigenvalue weighted by atomic mass is 10.0. The molecular weight excluding hydrogens is 236 g/mol. The molecule has 2 amide bonds. The van der Waals surface area contributed by atoms with Crippen molar-refractivity contribution in [1.82, 2.24) is 10.2 Å². The van der Waals surface area contributed by atoms with Gasteiger partial charge in [0.2, 0.25) is 11.8 Å². The van der Waals surface area contributed by atoms with Crippen molar-refractivity contribution < 1.29 is 9.59 Å². The summed E-state index contributed by atoms with van der Waals surface area (Å²) in [5, 5.41) is 3.03. The number of likely N-dealkylation sites (tertiary alicyclic amines) is 1. The first-order valence-corrected chi connectivity index (χ1v) is 6.82. The molecule has 2 aliphatic rings. The van der Waals surface area contributed by atoms with E-state index in [1.54, 1.807) is 11.9 Å². The molecule has 17 heavy (non-hydrogen) atoms. The van der Waals surface area contributed by atoms with Crippen LogP contribution in [0.25, 0.3) is 0 Å². The summed E-state index contributed by atoms with van der Waals surface area (Å²) in [5.41, 5.74) is 0.170. The number of likely N-dealkylation sites (N-methyl/N-ethyl adjacent to an activating group) is 1. The Hall–Kier alpha value is -0.710. The molecule has 1 saturated heterocycles. The van der Waals surface area contributed by atoms with Crippen LogP contribution in [0.4, 0.5) is 0 Å². The van der Waals surface area contributed by atoms with E-state index in [1.807, 2.05) is 0 Å². The quantitative estimate of drug-likeness (QED) is 0.732. The first kappa shape index (κ1) is 12.7. The van der Waals surface area contributed by atoms with E-state index in [2.05, 4.69) is 17.9 Å². The smallest absolute Gasteiger partial charge is 0.222 e. The number of hydrogen-bond acceptors (Lipinski definition) is 3. The van der Waals surface area contributed by atoms with Crippen molar-refractivity contribution in [3.8, 4) is 0 Å². The van der Waals surface area contributed by atoms with Crippen LogP contribution in [0.15, 0.2) is 0 Å². The lowest BCUT2D eigenvalue weighted by Gasteiger charge is -2.30. The zero-order chi connectivity index (χ0) is 12.5. The third-order valence-corrected chi connectivity index (χ3v) is 4.49. The lowest BCUT2D eigenvalue weighted by molar-refractivity contribution is -0.134. The number of carbonyl (C=O) groups is 2. The van der Waals surface area contributed by atoms with Crippen molar-refractivity contribution in [2.24, 2.45) is 5.41 Å². The second-order valence-corrected chi connectivity index (χ2v) is 5.73. The van der Waals surface area contributed by atoms with Gasteiger partial charge in [-0.25, -0.2) is 0 Å². The zero-order valence-electron chi connectivity index (χ0n) is 10.2. The predicted molar refractivity (Wildman–Crippen MR) is 68.9 cm³/mol. The Morgan fingerprint density at radius 3 is 2.82 bits per heavy atom. The Morgan fingerprint density at radius 1 is 1.59 bits per heavy atom. The predicted octanol–water partition coefficient (Wildman–Crippen LogP) is 0.823. The van der Waals surface area contributed by atoms with E-state index in [1.165, 1.54) is 0 Å². The van der Waals surface area contributed by atoms with E-state index in [0.717, 1.165) is 25.0 Å². The number of hydrogen-bond donors (Lipinski definition) is 2. The molecule has 1 aliphatic carbocycles. The topological polar surface area (TPSA) is 49.4 Å². The van der Waals surface area contributed by atoms with E-state index in [9.17, 15) is 9.59 Å². The highest BCUT2D eigenvalue weighted by Crippen LogP contribution is 2.49. The fourth-order valence-electron chi connectivity index (χ4n) is 2.32. The summed E-state index contributed by atoms with van der Waals surface area (Å²) in [6.07, 6.45) is 4.13. The van der Waals surface area contributed by atoms with Crippen molar-refractivity contribution in [2.75, 3.05) is 19.3 Å². The molecule has 96 valence electrons. The van der Waals surface area contributed by atoms with E-state index >= 15 is 0 Å². The summed E-state index contributed by atoms with van der Waals surface area (Å²) in [7, 11) is 1.79. The third-order valence-electron chi connectivity index (χ3n) is 3.82. The van der Waals surface area contributed by atoms with Gasteiger partial charge in [-0.3, -0.25) is 9.59 Å². The molecular formula is C12H20N2O2S. The van der Waals surface area contributed by atoms with Gasteiger partial charge in [-0.15, -0.1) is 0 Å². The zero-order valence-corrected chi connectivity index (χ0v) is 11.1. The first-order chi connectivity index (χ1) is 8.04. The van der Waals surface area contributed by atoms with E-state index in [-0.39, 0.29) is 23.3 Å². The normalized spacial score (nSPS) is 26.8. The molecule has 1 unspecified atom stereocenters. The highest BCUT2D eigenvalue weighted by molar-refractivity contribution is 7.80.